The zero-order valence-corrected chi connectivity index (χ0v) is 10.4. The van der Waals surface area contributed by atoms with Gasteiger partial charge < -0.3 is 10.2 Å². The molecule has 2 N–H and O–H groups in total. The first-order valence-electron chi connectivity index (χ1n) is 5.32. The lowest BCUT2D eigenvalue weighted by Gasteiger charge is -2.43. The van der Waals surface area contributed by atoms with Gasteiger partial charge in [-0.15, -0.1) is 0 Å². The third kappa shape index (κ3) is 3.41. The van der Waals surface area contributed by atoms with Gasteiger partial charge in [0, 0.05) is 0 Å². The first kappa shape index (κ1) is 11.2. The summed E-state index contributed by atoms with van der Waals surface area (Å²) in [6.07, 6.45) is 3.30. The van der Waals surface area contributed by atoms with E-state index in [4.69, 9.17) is 10.2 Å². The van der Waals surface area contributed by atoms with Crippen molar-refractivity contribution in [3.8, 4) is 0 Å². The topological polar surface area (TPSA) is 35.2 Å². The van der Waals surface area contributed by atoms with E-state index in [2.05, 4.69) is 26.9 Å². The molecule has 1 saturated heterocycles. The predicted octanol–water partition coefficient (Wildman–Crippen LogP) is 2.70. The fourth-order valence-electron chi connectivity index (χ4n) is 2.30. The lowest BCUT2D eigenvalue weighted by atomic mass is 9.97. The van der Waals surface area contributed by atoms with Gasteiger partial charge in [0.15, 0.2) is 8.32 Å². The Hall–Kier alpha value is 0.137. The summed E-state index contributed by atoms with van der Waals surface area (Å²) in [4.78, 5) is 0. The number of hydrogen-bond donors (Lipinski definition) is 1. The molecule has 0 aromatic carbocycles. The van der Waals surface area contributed by atoms with E-state index >= 15 is 0 Å². The lowest BCUT2D eigenvalue weighted by molar-refractivity contribution is 0.0208. The van der Waals surface area contributed by atoms with Gasteiger partial charge >= 0.3 is 0 Å². The molecule has 1 rings (SSSR count). The molecule has 0 aliphatic carbocycles. The zero-order valence-electron chi connectivity index (χ0n) is 9.39. The fraction of sp³-hybridized carbons (Fsp3) is 1.00. The molecule has 1 fully saturated rings. The number of rotatable bonds is 2. The molecule has 0 amide bonds. The average Bonchev–Trinajstić information content (AvgIpc) is 1.79. The first-order chi connectivity index (χ1) is 5.83. The van der Waals surface area contributed by atoms with Crippen LogP contribution in [-0.2, 0) is 4.43 Å². The Morgan fingerprint density at radius 3 is 2.54 bits per heavy atom. The highest BCUT2D eigenvalue weighted by atomic mass is 28.4. The largest absolute Gasteiger partial charge is 0.400 e. The Kier molecular flexibility index (Phi) is 3.20. The molecule has 2 nitrogen and oxygen atoms in total. The van der Waals surface area contributed by atoms with E-state index in [0.29, 0.717) is 5.92 Å². The quantitative estimate of drug-likeness (QED) is 0.697. The van der Waals surface area contributed by atoms with Crippen LogP contribution in [0.15, 0.2) is 0 Å². The van der Waals surface area contributed by atoms with Gasteiger partial charge in [0.2, 0.25) is 0 Å². The second kappa shape index (κ2) is 3.71. The first-order valence-corrected chi connectivity index (χ1v) is 8.44. The van der Waals surface area contributed by atoms with Crippen molar-refractivity contribution in [2.24, 2.45) is 11.7 Å². The van der Waals surface area contributed by atoms with E-state index in [9.17, 15) is 0 Å². The molecule has 0 bridgehead atoms. The van der Waals surface area contributed by atoms with Crippen molar-refractivity contribution >= 4 is 8.32 Å². The van der Waals surface area contributed by atoms with Crippen molar-refractivity contribution in [2.75, 3.05) is 0 Å². The van der Waals surface area contributed by atoms with Crippen molar-refractivity contribution < 1.29 is 4.43 Å². The van der Waals surface area contributed by atoms with Crippen LogP contribution in [-0.4, -0.2) is 14.0 Å². The minimum atomic E-state index is -1.42. The third-order valence-corrected chi connectivity index (χ3v) is 5.13. The molecule has 0 radical (unpaired) electrons. The van der Waals surface area contributed by atoms with Gasteiger partial charge in [-0.2, -0.15) is 0 Å². The van der Waals surface area contributed by atoms with Crippen LogP contribution < -0.4 is 5.73 Å². The Labute approximate surface area is 83.0 Å². The molecule has 3 heteroatoms. The van der Waals surface area contributed by atoms with Gasteiger partial charge in [0.25, 0.3) is 0 Å². The molecule has 0 aromatic rings. The Morgan fingerprint density at radius 1 is 1.46 bits per heavy atom. The van der Waals surface area contributed by atoms with Gasteiger partial charge in [0.1, 0.15) is 5.72 Å². The van der Waals surface area contributed by atoms with Crippen LogP contribution in [0.2, 0.25) is 19.1 Å². The molecular weight excluding hydrogens is 178 g/mol. The molecule has 13 heavy (non-hydrogen) atoms. The minimum Gasteiger partial charge on any atom is -0.400 e. The van der Waals surface area contributed by atoms with E-state index in [1.54, 1.807) is 0 Å². The summed E-state index contributed by atoms with van der Waals surface area (Å²) < 4.78 is 6.09. The highest BCUT2D eigenvalue weighted by Gasteiger charge is 2.39. The molecule has 1 aliphatic heterocycles. The summed E-state index contributed by atoms with van der Waals surface area (Å²) in [5, 5.41) is 0. The van der Waals surface area contributed by atoms with Gasteiger partial charge in [-0.1, -0.05) is 13.8 Å². The van der Waals surface area contributed by atoms with E-state index in [0.717, 1.165) is 12.8 Å². The molecule has 1 heterocycles. The Morgan fingerprint density at radius 2 is 2.08 bits per heavy atom. The number of hydrogen-bond acceptors (Lipinski definition) is 2. The second-order valence-electron chi connectivity index (χ2n) is 5.38. The zero-order chi connectivity index (χ0) is 10.1. The highest BCUT2D eigenvalue weighted by Crippen LogP contribution is 2.33. The standard InChI is InChI=1S/C10H23NOSi/c1-9(2)8-10(11)6-5-7-13(3,4)12-10/h9H,5-8,11H2,1-4H3. The predicted molar refractivity (Wildman–Crippen MR) is 59.0 cm³/mol. The normalized spacial score (nSPS) is 33.7. The van der Waals surface area contributed by atoms with E-state index < -0.39 is 8.32 Å². The van der Waals surface area contributed by atoms with Crippen molar-refractivity contribution in [2.45, 2.75) is 58.0 Å². The Bertz CT molecular complexity index is 182. The van der Waals surface area contributed by atoms with Gasteiger partial charge in [-0.3, -0.25) is 0 Å². The molecule has 0 aromatic heterocycles. The molecule has 1 aliphatic rings. The summed E-state index contributed by atoms with van der Waals surface area (Å²) in [5.74, 6) is 0.632. The van der Waals surface area contributed by atoms with Crippen molar-refractivity contribution in [1.82, 2.24) is 0 Å². The molecular formula is C10H23NOSi. The van der Waals surface area contributed by atoms with E-state index in [1.165, 1.54) is 12.5 Å². The van der Waals surface area contributed by atoms with Crippen LogP contribution in [0.25, 0.3) is 0 Å². The maximum atomic E-state index is 6.25. The summed E-state index contributed by atoms with van der Waals surface area (Å²) in [7, 11) is -1.42. The van der Waals surface area contributed by atoms with Crippen LogP contribution >= 0.6 is 0 Å². The second-order valence-corrected chi connectivity index (χ2v) is 9.60. The maximum absolute atomic E-state index is 6.25. The summed E-state index contributed by atoms with van der Waals surface area (Å²) in [5.41, 5.74) is 5.94. The van der Waals surface area contributed by atoms with Crippen molar-refractivity contribution in [3.63, 3.8) is 0 Å². The molecule has 78 valence electrons. The summed E-state index contributed by atoms with van der Waals surface area (Å²) >= 11 is 0. The van der Waals surface area contributed by atoms with Gasteiger partial charge in [-0.05, 0) is 44.3 Å². The third-order valence-electron chi connectivity index (χ3n) is 2.61. The molecule has 1 atom stereocenters. The van der Waals surface area contributed by atoms with Crippen molar-refractivity contribution in [1.29, 1.82) is 0 Å². The highest BCUT2D eigenvalue weighted by molar-refractivity contribution is 6.71. The number of nitrogens with two attached hydrogens (primary N) is 1. The van der Waals surface area contributed by atoms with E-state index in [1.807, 2.05) is 0 Å². The SMILES string of the molecule is CC(C)CC1(N)CCC[Si](C)(C)O1. The Balaban J connectivity index is 2.58. The molecule has 0 saturated carbocycles. The smallest absolute Gasteiger partial charge is 0.189 e. The summed E-state index contributed by atoms with van der Waals surface area (Å²) in [6.45, 7) is 8.96. The minimum absolute atomic E-state index is 0.303. The van der Waals surface area contributed by atoms with Crippen LogP contribution in [0, 0.1) is 5.92 Å². The average molecular weight is 201 g/mol. The van der Waals surface area contributed by atoms with Gasteiger partial charge in [0.05, 0.1) is 0 Å². The van der Waals surface area contributed by atoms with Gasteiger partial charge in [-0.25, -0.2) is 0 Å². The lowest BCUT2D eigenvalue weighted by Crippen LogP contribution is -2.54. The monoisotopic (exact) mass is 201 g/mol. The van der Waals surface area contributed by atoms with Crippen LogP contribution in [0.3, 0.4) is 0 Å². The van der Waals surface area contributed by atoms with Crippen LogP contribution in [0.5, 0.6) is 0 Å². The van der Waals surface area contributed by atoms with Crippen LogP contribution in [0.4, 0.5) is 0 Å². The van der Waals surface area contributed by atoms with Crippen molar-refractivity contribution in [3.05, 3.63) is 0 Å². The van der Waals surface area contributed by atoms with E-state index in [-0.39, 0.29) is 5.72 Å². The molecule has 1 unspecified atom stereocenters. The fourth-order valence-corrected chi connectivity index (χ4v) is 4.72. The van der Waals surface area contributed by atoms with Crippen LogP contribution in [0.1, 0.15) is 33.1 Å². The maximum Gasteiger partial charge on any atom is 0.189 e. The molecule has 0 spiro atoms. The summed E-state index contributed by atoms with van der Waals surface area (Å²) in [6, 6.07) is 1.27.